The van der Waals surface area contributed by atoms with Crippen LogP contribution in [0.3, 0.4) is 0 Å². The third kappa shape index (κ3) is 3.92. The van der Waals surface area contributed by atoms with Crippen molar-refractivity contribution in [2.45, 2.75) is 26.3 Å². The van der Waals surface area contributed by atoms with Crippen molar-refractivity contribution in [1.82, 2.24) is 14.8 Å². The Balaban J connectivity index is 2.19. The summed E-state index contributed by atoms with van der Waals surface area (Å²) in [6.07, 6.45) is 0.433. The molecule has 1 aromatic rings. The van der Waals surface area contributed by atoms with Gasteiger partial charge in [0.05, 0.1) is 11.5 Å². The van der Waals surface area contributed by atoms with E-state index in [2.05, 4.69) is 4.98 Å². The first-order chi connectivity index (χ1) is 11.3. The molecule has 1 aromatic heterocycles. The smallest absolute Gasteiger partial charge is 0.272 e. The molecular weight excluding hydrogens is 330 g/mol. The molecule has 132 valence electrons. The predicted molar refractivity (Wildman–Crippen MR) is 90.6 cm³/mol. The lowest BCUT2D eigenvalue weighted by molar-refractivity contribution is 0.0740. The summed E-state index contributed by atoms with van der Waals surface area (Å²) in [7, 11) is -1.49. The van der Waals surface area contributed by atoms with Crippen LogP contribution < -0.4 is 0 Å². The second-order valence-corrected chi connectivity index (χ2v) is 8.09. The molecule has 0 aromatic carbocycles. The Hall–Kier alpha value is -1.96. The van der Waals surface area contributed by atoms with E-state index in [4.69, 9.17) is 0 Å². The highest BCUT2D eigenvalue weighted by atomic mass is 32.2. The second kappa shape index (κ2) is 7.29. The van der Waals surface area contributed by atoms with Crippen LogP contribution in [0.25, 0.3) is 0 Å². The van der Waals surface area contributed by atoms with Gasteiger partial charge in [-0.05, 0) is 32.4 Å². The minimum Gasteiger partial charge on any atom is -0.338 e. The Labute approximate surface area is 142 Å². The molecule has 1 saturated heterocycles. The van der Waals surface area contributed by atoms with Crippen LogP contribution in [0.5, 0.6) is 0 Å². The van der Waals surface area contributed by atoms with Gasteiger partial charge in [0.2, 0.25) is 0 Å². The number of nitrogens with zero attached hydrogens (tertiary/aromatic N) is 3. The minimum atomic E-state index is -3.07. The standard InChI is InChI=1S/C16H23N3O4S/c1-4-19(5-2)16(21)14-8-6-7-13(17-14)15(20)18(3)12-9-10-24(22,23)11-12/h6-8,12H,4-5,9-11H2,1-3H3. The average molecular weight is 353 g/mol. The van der Waals surface area contributed by atoms with Gasteiger partial charge in [-0.15, -0.1) is 0 Å². The summed E-state index contributed by atoms with van der Waals surface area (Å²) < 4.78 is 23.2. The molecule has 2 heterocycles. The normalized spacial score (nSPS) is 19.0. The van der Waals surface area contributed by atoms with Crippen molar-refractivity contribution in [3.8, 4) is 0 Å². The van der Waals surface area contributed by atoms with Crippen LogP contribution in [0, 0.1) is 0 Å². The number of carbonyl (C=O) groups excluding carboxylic acids is 2. The van der Waals surface area contributed by atoms with Gasteiger partial charge in [-0.1, -0.05) is 6.07 Å². The van der Waals surface area contributed by atoms with E-state index in [1.165, 1.54) is 4.90 Å². The van der Waals surface area contributed by atoms with Gasteiger partial charge in [0.15, 0.2) is 9.84 Å². The summed E-state index contributed by atoms with van der Waals surface area (Å²) >= 11 is 0. The number of rotatable bonds is 5. The fourth-order valence-electron chi connectivity index (χ4n) is 2.77. The van der Waals surface area contributed by atoms with Crippen LogP contribution in [-0.2, 0) is 9.84 Å². The molecule has 0 bridgehead atoms. The van der Waals surface area contributed by atoms with E-state index in [1.54, 1.807) is 30.1 Å². The first-order valence-electron chi connectivity index (χ1n) is 8.03. The lowest BCUT2D eigenvalue weighted by Gasteiger charge is -2.23. The zero-order valence-corrected chi connectivity index (χ0v) is 15.0. The van der Waals surface area contributed by atoms with Crippen molar-refractivity contribution >= 4 is 21.7 Å². The molecule has 1 atom stereocenters. The van der Waals surface area contributed by atoms with E-state index in [0.717, 1.165) is 0 Å². The van der Waals surface area contributed by atoms with E-state index in [-0.39, 0.29) is 40.7 Å². The number of hydrogen-bond donors (Lipinski definition) is 0. The van der Waals surface area contributed by atoms with Crippen molar-refractivity contribution in [2.75, 3.05) is 31.6 Å². The number of sulfone groups is 1. The van der Waals surface area contributed by atoms with Crippen LogP contribution in [0.1, 0.15) is 41.2 Å². The van der Waals surface area contributed by atoms with Crippen molar-refractivity contribution < 1.29 is 18.0 Å². The Morgan fingerprint density at radius 1 is 1.17 bits per heavy atom. The molecule has 0 radical (unpaired) electrons. The summed E-state index contributed by atoms with van der Waals surface area (Å²) in [6.45, 7) is 4.89. The Morgan fingerprint density at radius 3 is 2.25 bits per heavy atom. The SMILES string of the molecule is CCN(CC)C(=O)c1cccc(C(=O)N(C)C2CCS(=O)(=O)C2)n1. The fraction of sp³-hybridized carbons (Fsp3) is 0.562. The first kappa shape index (κ1) is 18.4. The first-order valence-corrected chi connectivity index (χ1v) is 9.85. The van der Waals surface area contributed by atoms with Gasteiger partial charge in [0.25, 0.3) is 11.8 Å². The zero-order valence-electron chi connectivity index (χ0n) is 14.2. The van der Waals surface area contributed by atoms with Gasteiger partial charge in [0, 0.05) is 26.2 Å². The van der Waals surface area contributed by atoms with Gasteiger partial charge in [-0.3, -0.25) is 9.59 Å². The molecule has 7 nitrogen and oxygen atoms in total. The van der Waals surface area contributed by atoms with Crippen molar-refractivity contribution in [2.24, 2.45) is 0 Å². The maximum Gasteiger partial charge on any atom is 0.272 e. The van der Waals surface area contributed by atoms with Crippen LogP contribution in [-0.4, -0.2) is 72.7 Å². The van der Waals surface area contributed by atoms with Crippen molar-refractivity contribution in [3.05, 3.63) is 29.6 Å². The maximum absolute atomic E-state index is 12.6. The van der Waals surface area contributed by atoms with E-state index in [9.17, 15) is 18.0 Å². The van der Waals surface area contributed by atoms with Crippen LogP contribution >= 0.6 is 0 Å². The van der Waals surface area contributed by atoms with Gasteiger partial charge in [-0.25, -0.2) is 13.4 Å². The largest absolute Gasteiger partial charge is 0.338 e. The summed E-state index contributed by atoms with van der Waals surface area (Å²) in [4.78, 5) is 32.2. The number of amides is 2. The molecule has 0 N–H and O–H groups in total. The van der Waals surface area contributed by atoms with Crippen molar-refractivity contribution in [1.29, 1.82) is 0 Å². The molecule has 1 aliphatic rings. The summed E-state index contributed by atoms with van der Waals surface area (Å²) in [5.74, 6) is -0.511. The average Bonchev–Trinajstić information content (AvgIpc) is 2.94. The monoisotopic (exact) mass is 353 g/mol. The van der Waals surface area contributed by atoms with Gasteiger partial charge in [-0.2, -0.15) is 0 Å². The quantitative estimate of drug-likeness (QED) is 0.782. The van der Waals surface area contributed by atoms with E-state index < -0.39 is 9.84 Å². The van der Waals surface area contributed by atoms with E-state index in [1.807, 2.05) is 13.8 Å². The molecule has 8 heteroatoms. The highest BCUT2D eigenvalue weighted by Crippen LogP contribution is 2.18. The Kier molecular flexibility index (Phi) is 5.58. The van der Waals surface area contributed by atoms with Crippen LogP contribution in [0.15, 0.2) is 18.2 Å². The van der Waals surface area contributed by atoms with Crippen molar-refractivity contribution in [3.63, 3.8) is 0 Å². The van der Waals surface area contributed by atoms with Crippen LogP contribution in [0.2, 0.25) is 0 Å². The molecular formula is C16H23N3O4S. The maximum atomic E-state index is 12.6. The zero-order chi connectivity index (χ0) is 17.9. The summed E-state index contributed by atoms with van der Waals surface area (Å²) in [6, 6.07) is 4.40. The highest BCUT2D eigenvalue weighted by molar-refractivity contribution is 7.91. The number of carbonyl (C=O) groups is 2. The van der Waals surface area contributed by atoms with Gasteiger partial charge >= 0.3 is 0 Å². The Bertz CT molecular complexity index is 729. The molecule has 1 fully saturated rings. The Morgan fingerprint density at radius 2 is 1.75 bits per heavy atom. The lowest BCUT2D eigenvalue weighted by atomic mass is 10.2. The van der Waals surface area contributed by atoms with E-state index in [0.29, 0.717) is 19.5 Å². The highest BCUT2D eigenvalue weighted by Gasteiger charge is 2.33. The number of aromatic nitrogens is 1. The fourth-order valence-corrected chi connectivity index (χ4v) is 4.55. The molecule has 0 saturated carbocycles. The molecule has 0 aliphatic carbocycles. The molecule has 24 heavy (non-hydrogen) atoms. The topological polar surface area (TPSA) is 87.7 Å². The number of hydrogen-bond acceptors (Lipinski definition) is 5. The van der Waals surface area contributed by atoms with E-state index >= 15 is 0 Å². The third-order valence-corrected chi connectivity index (χ3v) is 6.06. The molecule has 1 aliphatic heterocycles. The molecule has 2 amide bonds. The summed E-state index contributed by atoms with van der Waals surface area (Å²) in [5.41, 5.74) is 0.372. The minimum absolute atomic E-state index is 0.0205. The lowest BCUT2D eigenvalue weighted by Crippen LogP contribution is -2.38. The molecule has 1 unspecified atom stereocenters. The number of pyridine rings is 1. The summed E-state index contributed by atoms with van der Waals surface area (Å²) in [5, 5.41) is 0. The third-order valence-electron chi connectivity index (χ3n) is 4.31. The molecule has 2 rings (SSSR count). The molecule has 0 spiro atoms. The van der Waals surface area contributed by atoms with Crippen LogP contribution in [0.4, 0.5) is 0 Å². The van der Waals surface area contributed by atoms with Gasteiger partial charge < -0.3 is 9.80 Å². The van der Waals surface area contributed by atoms with Gasteiger partial charge in [0.1, 0.15) is 11.4 Å². The predicted octanol–water partition coefficient (Wildman–Crippen LogP) is 0.823. The second-order valence-electron chi connectivity index (χ2n) is 5.86.